The second-order valence-electron chi connectivity index (χ2n) is 5.79. The molecule has 19 heavy (non-hydrogen) atoms. The second kappa shape index (κ2) is 6.75. The van der Waals surface area contributed by atoms with E-state index in [9.17, 15) is 9.59 Å². The summed E-state index contributed by atoms with van der Waals surface area (Å²) in [5.41, 5.74) is -0.524. The maximum atomic E-state index is 11.8. The molecule has 6 nitrogen and oxygen atoms in total. The molecule has 1 aliphatic heterocycles. The van der Waals surface area contributed by atoms with Crippen LogP contribution in [-0.4, -0.2) is 43.9 Å². The summed E-state index contributed by atoms with van der Waals surface area (Å²) in [4.78, 5) is 23.1. The Morgan fingerprint density at radius 2 is 2.05 bits per heavy atom. The average molecular weight is 272 g/mol. The fourth-order valence-corrected chi connectivity index (χ4v) is 2.08. The molecule has 2 N–H and O–H groups in total. The first-order valence-corrected chi connectivity index (χ1v) is 6.59. The zero-order valence-electron chi connectivity index (χ0n) is 12.1. The van der Waals surface area contributed by atoms with E-state index >= 15 is 0 Å². The van der Waals surface area contributed by atoms with Crippen LogP contribution in [0.1, 0.15) is 33.6 Å². The predicted octanol–water partition coefficient (Wildman–Crippen LogP) is 1.05. The van der Waals surface area contributed by atoms with Gasteiger partial charge in [0.25, 0.3) is 0 Å². The zero-order valence-corrected chi connectivity index (χ0v) is 12.1. The van der Waals surface area contributed by atoms with Gasteiger partial charge in [-0.1, -0.05) is 0 Å². The Bertz CT molecular complexity index is 325. The molecule has 0 radical (unpaired) electrons. The van der Waals surface area contributed by atoms with E-state index in [1.165, 1.54) is 7.11 Å². The Kier molecular flexibility index (Phi) is 5.60. The van der Waals surface area contributed by atoms with Gasteiger partial charge in [0.1, 0.15) is 5.60 Å². The van der Waals surface area contributed by atoms with Gasteiger partial charge in [0, 0.05) is 12.6 Å². The van der Waals surface area contributed by atoms with Crippen LogP contribution in [0.4, 0.5) is 4.79 Å². The molecule has 1 heterocycles. The number of rotatable bonds is 3. The van der Waals surface area contributed by atoms with Crippen molar-refractivity contribution in [2.75, 3.05) is 20.2 Å². The first-order valence-electron chi connectivity index (χ1n) is 6.59. The summed E-state index contributed by atoms with van der Waals surface area (Å²) in [6.45, 7) is 6.93. The molecule has 1 fully saturated rings. The molecule has 1 saturated heterocycles. The molecule has 0 aromatic carbocycles. The fraction of sp³-hybridized carbons (Fsp3) is 0.846. The molecule has 1 aliphatic rings. The van der Waals surface area contributed by atoms with Crippen LogP contribution in [0.2, 0.25) is 0 Å². The maximum absolute atomic E-state index is 11.8. The van der Waals surface area contributed by atoms with E-state index in [2.05, 4.69) is 15.4 Å². The smallest absolute Gasteiger partial charge is 0.407 e. The second-order valence-corrected chi connectivity index (χ2v) is 5.79. The lowest BCUT2D eigenvalue weighted by atomic mass is 9.90. The Morgan fingerprint density at radius 3 is 2.63 bits per heavy atom. The standard InChI is InChI=1S/C13H24N2O4/c1-13(2,3)19-12(17)15-10-8-14-6-5-9(10)7-11(16)18-4/h9-10,14H,5-8H2,1-4H3,(H,15,17)/t9-,10-/m1/s1. The first-order chi connectivity index (χ1) is 8.81. The molecule has 0 aliphatic carbocycles. The van der Waals surface area contributed by atoms with Gasteiger partial charge in [-0.2, -0.15) is 0 Å². The van der Waals surface area contributed by atoms with Crippen molar-refractivity contribution in [1.29, 1.82) is 0 Å². The van der Waals surface area contributed by atoms with Crippen LogP contribution in [0.3, 0.4) is 0 Å². The van der Waals surface area contributed by atoms with E-state index in [0.29, 0.717) is 13.0 Å². The topological polar surface area (TPSA) is 76.7 Å². The van der Waals surface area contributed by atoms with Crippen LogP contribution >= 0.6 is 0 Å². The van der Waals surface area contributed by atoms with Gasteiger partial charge >= 0.3 is 12.1 Å². The van der Waals surface area contributed by atoms with E-state index in [1.807, 2.05) is 20.8 Å². The molecular formula is C13H24N2O4. The summed E-state index contributed by atoms with van der Waals surface area (Å²) in [6, 6.07) is -0.109. The SMILES string of the molecule is COC(=O)C[C@H]1CCNC[C@H]1NC(=O)OC(C)(C)C. The lowest BCUT2D eigenvalue weighted by Gasteiger charge is -2.32. The molecule has 0 unspecified atom stereocenters. The number of nitrogens with one attached hydrogen (secondary N) is 2. The van der Waals surface area contributed by atoms with Crippen molar-refractivity contribution in [3.05, 3.63) is 0 Å². The number of hydrogen-bond acceptors (Lipinski definition) is 5. The number of carbonyl (C=O) groups excluding carboxylic acids is 2. The summed E-state index contributed by atoms with van der Waals surface area (Å²) >= 11 is 0. The predicted molar refractivity (Wildman–Crippen MR) is 70.8 cm³/mol. The lowest BCUT2D eigenvalue weighted by molar-refractivity contribution is -0.142. The quantitative estimate of drug-likeness (QED) is 0.751. The summed E-state index contributed by atoms with van der Waals surface area (Å²) in [7, 11) is 1.37. The summed E-state index contributed by atoms with van der Waals surface area (Å²) in [5, 5.41) is 6.03. The van der Waals surface area contributed by atoms with Crippen LogP contribution < -0.4 is 10.6 Å². The molecule has 110 valence electrons. The minimum absolute atomic E-state index is 0.0845. The van der Waals surface area contributed by atoms with Gasteiger partial charge in [-0.15, -0.1) is 0 Å². The third-order valence-corrected chi connectivity index (χ3v) is 2.98. The molecule has 0 aromatic heterocycles. The molecule has 1 rings (SSSR count). The van der Waals surface area contributed by atoms with Crippen molar-refractivity contribution in [2.45, 2.75) is 45.3 Å². The van der Waals surface area contributed by atoms with E-state index in [0.717, 1.165) is 13.0 Å². The number of hydrogen-bond donors (Lipinski definition) is 2. The van der Waals surface area contributed by atoms with Crippen molar-refractivity contribution >= 4 is 12.1 Å². The summed E-state index contributed by atoms with van der Waals surface area (Å²) in [5.74, 6) is -0.163. The van der Waals surface area contributed by atoms with Gasteiger partial charge in [-0.3, -0.25) is 4.79 Å². The van der Waals surface area contributed by atoms with Gasteiger partial charge in [-0.25, -0.2) is 4.79 Å². The summed E-state index contributed by atoms with van der Waals surface area (Å²) < 4.78 is 9.91. The van der Waals surface area contributed by atoms with Gasteiger partial charge in [0.15, 0.2) is 0 Å². The highest BCUT2D eigenvalue weighted by Crippen LogP contribution is 2.18. The third-order valence-electron chi connectivity index (χ3n) is 2.98. The highest BCUT2D eigenvalue weighted by atomic mass is 16.6. The number of amides is 1. The minimum Gasteiger partial charge on any atom is -0.469 e. The largest absolute Gasteiger partial charge is 0.469 e. The molecule has 0 spiro atoms. The maximum Gasteiger partial charge on any atom is 0.407 e. The van der Waals surface area contributed by atoms with Gasteiger partial charge in [0.05, 0.1) is 13.5 Å². The van der Waals surface area contributed by atoms with Crippen LogP contribution in [0.15, 0.2) is 0 Å². The number of methoxy groups -OCH3 is 1. The van der Waals surface area contributed by atoms with E-state index < -0.39 is 11.7 Å². The molecular weight excluding hydrogens is 248 g/mol. The zero-order chi connectivity index (χ0) is 14.5. The number of ether oxygens (including phenoxy) is 2. The Labute approximate surface area is 114 Å². The average Bonchev–Trinajstić information content (AvgIpc) is 2.29. The molecule has 0 saturated carbocycles. The van der Waals surface area contributed by atoms with Crippen molar-refractivity contribution < 1.29 is 19.1 Å². The van der Waals surface area contributed by atoms with Gasteiger partial charge in [-0.05, 0) is 39.7 Å². The number of piperidine rings is 1. The third kappa shape index (κ3) is 5.92. The monoisotopic (exact) mass is 272 g/mol. The Hall–Kier alpha value is -1.30. The van der Waals surface area contributed by atoms with Crippen molar-refractivity contribution in [2.24, 2.45) is 5.92 Å². The van der Waals surface area contributed by atoms with E-state index in [-0.39, 0.29) is 17.9 Å². The van der Waals surface area contributed by atoms with Gasteiger partial charge < -0.3 is 20.1 Å². The first kappa shape index (κ1) is 15.8. The van der Waals surface area contributed by atoms with Crippen molar-refractivity contribution in [1.82, 2.24) is 10.6 Å². The van der Waals surface area contributed by atoms with E-state index in [1.54, 1.807) is 0 Å². The number of alkyl carbamates (subject to hydrolysis) is 1. The normalized spacial score (nSPS) is 23.6. The van der Waals surface area contributed by atoms with Crippen LogP contribution in [0, 0.1) is 5.92 Å². The molecule has 2 atom stereocenters. The summed E-state index contributed by atoms with van der Waals surface area (Å²) in [6.07, 6.45) is 0.699. The number of carbonyl (C=O) groups is 2. The highest BCUT2D eigenvalue weighted by molar-refractivity contribution is 5.70. The molecule has 0 aromatic rings. The van der Waals surface area contributed by atoms with Crippen molar-refractivity contribution in [3.8, 4) is 0 Å². The Balaban J connectivity index is 2.52. The minimum atomic E-state index is -0.524. The van der Waals surface area contributed by atoms with Crippen LogP contribution in [0.25, 0.3) is 0 Å². The van der Waals surface area contributed by atoms with Crippen LogP contribution in [-0.2, 0) is 14.3 Å². The Morgan fingerprint density at radius 1 is 1.37 bits per heavy atom. The molecule has 6 heteroatoms. The van der Waals surface area contributed by atoms with Gasteiger partial charge in [0.2, 0.25) is 0 Å². The fourth-order valence-electron chi connectivity index (χ4n) is 2.08. The number of esters is 1. The highest BCUT2D eigenvalue weighted by Gasteiger charge is 2.30. The van der Waals surface area contributed by atoms with Crippen LogP contribution in [0.5, 0.6) is 0 Å². The van der Waals surface area contributed by atoms with E-state index in [4.69, 9.17) is 4.74 Å². The lowest BCUT2D eigenvalue weighted by Crippen LogP contribution is -2.52. The van der Waals surface area contributed by atoms with Crippen molar-refractivity contribution in [3.63, 3.8) is 0 Å². The molecule has 0 bridgehead atoms. The molecule has 1 amide bonds.